The summed E-state index contributed by atoms with van der Waals surface area (Å²) in [6, 6.07) is 0.840. The standard InChI is InChI=1S/C12H11BrF2N4O2S/c13-7-4-11(9(15)5-8(7)14)22(20,21)18-10-2-1-3-19-12(10)16-6-17-19/h4-6,10,18H,1-3H2/t10-/m0/s1. The summed E-state index contributed by atoms with van der Waals surface area (Å²) in [7, 11) is -4.15. The third-order valence-electron chi connectivity index (χ3n) is 3.38. The smallest absolute Gasteiger partial charge is 0.244 e. The summed E-state index contributed by atoms with van der Waals surface area (Å²) >= 11 is 2.86. The van der Waals surface area contributed by atoms with Crippen molar-refractivity contribution in [2.75, 3.05) is 0 Å². The van der Waals surface area contributed by atoms with Crippen LogP contribution in [-0.4, -0.2) is 23.2 Å². The Balaban J connectivity index is 1.94. The van der Waals surface area contributed by atoms with E-state index in [1.165, 1.54) is 6.33 Å². The van der Waals surface area contributed by atoms with Crippen LogP contribution < -0.4 is 4.72 Å². The highest BCUT2D eigenvalue weighted by molar-refractivity contribution is 9.10. The van der Waals surface area contributed by atoms with E-state index in [1.807, 2.05) is 0 Å². The van der Waals surface area contributed by atoms with Gasteiger partial charge in [0.25, 0.3) is 0 Å². The molecular weight excluding hydrogens is 382 g/mol. The number of nitrogens with one attached hydrogen (secondary N) is 1. The number of hydrogen-bond acceptors (Lipinski definition) is 4. The number of aryl methyl sites for hydroxylation is 1. The van der Waals surface area contributed by atoms with Gasteiger partial charge >= 0.3 is 0 Å². The molecule has 1 aromatic carbocycles. The third-order valence-corrected chi connectivity index (χ3v) is 5.48. The molecule has 0 saturated carbocycles. The molecular formula is C12H11BrF2N4O2S. The van der Waals surface area contributed by atoms with Gasteiger partial charge in [-0.3, -0.25) is 0 Å². The summed E-state index contributed by atoms with van der Waals surface area (Å²) < 4.78 is 55.7. The first-order chi connectivity index (χ1) is 10.4. The molecule has 10 heteroatoms. The maximum Gasteiger partial charge on any atom is 0.244 e. The molecule has 2 aromatic rings. The van der Waals surface area contributed by atoms with Gasteiger partial charge in [-0.25, -0.2) is 31.6 Å². The molecule has 0 bridgehead atoms. The number of sulfonamides is 1. The lowest BCUT2D eigenvalue weighted by molar-refractivity contribution is 0.399. The van der Waals surface area contributed by atoms with Crippen LogP contribution in [0.5, 0.6) is 0 Å². The second-order valence-electron chi connectivity index (χ2n) is 4.85. The van der Waals surface area contributed by atoms with Gasteiger partial charge in [0, 0.05) is 12.6 Å². The lowest BCUT2D eigenvalue weighted by atomic mass is 10.1. The molecule has 0 spiro atoms. The zero-order valence-electron chi connectivity index (χ0n) is 11.1. The number of nitrogens with zero attached hydrogens (tertiary/aromatic N) is 3. The SMILES string of the molecule is O=S(=O)(N[C@H]1CCCn2ncnc21)c1cc(Br)c(F)cc1F. The number of halogens is 3. The van der Waals surface area contributed by atoms with Gasteiger partial charge < -0.3 is 0 Å². The van der Waals surface area contributed by atoms with Gasteiger partial charge in [-0.05, 0) is 34.8 Å². The molecule has 0 fully saturated rings. The Morgan fingerprint density at radius 3 is 2.86 bits per heavy atom. The first kappa shape index (κ1) is 15.5. The molecule has 22 heavy (non-hydrogen) atoms. The molecule has 118 valence electrons. The normalized spacial score (nSPS) is 18.2. The van der Waals surface area contributed by atoms with Crippen LogP contribution in [0.3, 0.4) is 0 Å². The summed E-state index contributed by atoms with van der Waals surface area (Å²) in [4.78, 5) is 3.42. The van der Waals surface area contributed by atoms with E-state index in [0.29, 0.717) is 24.9 Å². The lowest BCUT2D eigenvalue weighted by Gasteiger charge is -2.23. The molecule has 1 aliphatic heterocycles. The monoisotopic (exact) mass is 392 g/mol. The number of hydrogen-bond donors (Lipinski definition) is 1. The van der Waals surface area contributed by atoms with Crippen LogP contribution in [0.2, 0.25) is 0 Å². The first-order valence-corrected chi connectivity index (χ1v) is 8.70. The van der Waals surface area contributed by atoms with E-state index in [9.17, 15) is 17.2 Å². The maximum absolute atomic E-state index is 13.8. The van der Waals surface area contributed by atoms with E-state index >= 15 is 0 Å². The van der Waals surface area contributed by atoms with Crippen molar-refractivity contribution >= 4 is 26.0 Å². The minimum Gasteiger partial charge on any atom is -0.248 e. The first-order valence-electron chi connectivity index (χ1n) is 6.43. The van der Waals surface area contributed by atoms with Crippen LogP contribution >= 0.6 is 15.9 Å². The minimum absolute atomic E-state index is 0.124. The van der Waals surface area contributed by atoms with Gasteiger partial charge in [-0.2, -0.15) is 5.10 Å². The van der Waals surface area contributed by atoms with Crippen LogP contribution in [-0.2, 0) is 16.6 Å². The van der Waals surface area contributed by atoms with Crippen molar-refractivity contribution in [3.63, 3.8) is 0 Å². The van der Waals surface area contributed by atoms with E-state index in [2.05, 4.69) is 30.7 Å². The highest BCUT2D eigenvalue weighted by atomic mass is 79.9. The van der Waals surface area contributed by atoms with Gasteiger partial charge in [0.1, 0.15) is 28.7 Å². The van der Waals surface area contributed by atoms with Crippen LogP contribution in [0.4, 0.5) is 8.78 Å². The maximum atomic E-state index is 13.8. The van der Waals surface area contributed by atoms with Crippen molar-refractivity contribution in [1.82, 2.24) is 19.5 Å². The Hall–Kier alpha value is -1.39. The van der Waals surface area contributed by atoms with Crippen LogP contribution in [0.15, 0.2) is 27.8 Å². The summed E-state index contributed by atoms with van der Waals surface area (Å²) in [5.74, 6) is -1.53. The topological polar surface area (TPSA) is 76.9 Å². The van der Waals surface area contributed by atoms with Gasteiger partial charge in [0.2, 0.25) is 10.0 Å². The predicted molar refractivity (Wildman–Crippen MR) is 76.4 cm³/mol. The molecule has 6 nitrogen and oxygen atoms in total. The summed E-state index contributed by atoms with van der Waals surface area (Å²) in [5, 5.41) is 3.99. The predicted octanol–water partition coefficient (Wildman–Crippen LogP) is 2.13. The minimum atomic E-state index is -4.15. The second-order valence-corrected chi connectivity index (χ2v) is 7.39. The molecule has 0 radical (unpaired) electrons. The molecule has 0 unspecified atom stereocenters. The summed E-state index contributed by atoms with van der Waals surface area (Å²) in [6.07, 6.45) is 2.60. The van der Waals surface area contributed by atoms with Crippen LogP contribution in [0, 0.1) is 11.6 Å². The van der Waals surface area contributed by atoms with Crippen LogP contribution in [0.1, 0.15) is 24.7 Å². The fraction of sp³-hybridized carbons (Fsp3) is 0.333. The largest absolute Gasteiger partial charge is 0.248 e. The molecule has 3 rings (SSSR count). The Kier molecular flexibility index (Phi) is 4.00. The Morgan fingerprint density at radius 1 is 1.32 bits per heavy atom. The van der Waals surface area contributed by atoms with Crippen LogP contribution in [0.25, 0.3) is 0 Å². The van der Waals surface area contributed by atoms with Gasteiger partial charge in [0.05, 0.1) is 10.5 Å². The quantitative estimate of drug-likeness (QED) is 0.811. The molecule has 2 heterocycles. The Morgan fingerprint density at radius 2 is 2.09 bits per heavy atom. The highest BCUT2D eigenvalue weighted by Crippen LogP contribution is 2.27. The van der Waals surface area contributed by atoms with Gasteiger partial charge in [0.15, 0.2) is 0 Å². The highest BCUT2D eigenvalue weighted by Gasteiger charge is 2.29. The Bertz CT molecular complexity index is 825. The van der Waals surface area contributed by atoms with Crippen molar-refractivity contribution in [3.05, 3.63) is 40.4 Å². The van der Waals surface area contributed by atoms with E-state index in [-0.39, 0.29) is 4.47 Å². The third kappa shape index (κ3) is 2.77. The average Bonchev–Trinajstić information content (AvgIpc) is 2.92. The van der Waals surface area contributed by atoms with Crippen molar-refractivity contribution in [2.24, 2.45) is 0 Å². The second kappa shape index (κ2) is 5.67. The fourth-order valence-corrected chi connectivity index (χ4v) is 4.17. The lowest BCUT2D eigenvalue weighted by Crippen LogP contribution is -2.33. The molecule has 1 aliphatic rings. The van der Waals surface area contributed by atoms with Crippen molar-refractivity contribution < 1.29 is 17.2 Å². The summed E-state index contributed by atoms with van der Waals surface area (Å²) in [6.45, 7) is 0.657. The van der Waals surface area contributed by atoms with E-state index in [1.54, 1.807) is 4.68 Å². The molecule has 0 aliphatic carbocycles. The summed E-state index contributed by atoms with van der Waals surface area (Å²) in [5.41, 5.74) is 0. The molecule has 1 N–H and O–H groups in total. The Labute approximate surface area is 133 Å². The van der Waals surface area contributed by atoms with Crippen molar-refractivity contribution in [2.45, 2.75) is 30.3 Å². The van der Waals surface area contributed by atoms with Gasteiger partial charge in [-0.1, -0.05) is 0 Å². The average molecular weight is 393 g/mol. The molecule has 0 saturated heterocycles. The zero-order valence-corrected chi connectivity index (χ0v) is 13.5. The number of benzene rings is 1. The van der Waals surface area contributed by atoms with E-state index < -0.39 is 32.6 Å². The van der Waals surface area contributed by atoms with Crippen molar-refractivity contribution in [1.29, 1.82) is 0 Å². The molecule has 1 aromatic heterocycles. The van der Waals surface area contributed by atoms with E-state index in [4.69, 9.17) is 0 Å². The molecule has 0 amide bonds. The fourth-order valence-electron chi connectivity index (χ4n) is 2.36. The van der Waals surface area contributed by atoms with E-state index in [0.717, 1.165) is 12.5 Å². The van der Waals surface area contributed by atoms with Crippen molar-refractivity contribution in [3.8, 4) is 0 Å². The number of aromatic nitrogens is 3. The number of rotatable bonds is 3. The van der Waals surface area contributed by atoms with Gasteiger partial charge in [-0.15, -0.1) is 0 Å². The number of fused-ring (bicyclic) bond motifs is 1. The zero-order chi connectivity index (χ0) is 15.9. The molecule has 1 atom stereocenters.